The van der Waals surface area contributed by atoms with Crippen molar-refractivity contribution in [3.8, 4) is 0 Å². The fraction of sp³-hybridized carbons (Fsp3) is 0.833. The fourth-order valence-corrected chi connectivity index (χ4v) is 2.06. The molecular weight excluding hydrogens is 224 g/mol. The minimum atomic E-state index is -1.08. The summed E-state index contributed by atoms with van der Waals surface area (Å²) in [6, 6.07) is 0. The van der Waals surface area contributed by atoms with Gasteiger partial charge in [0.1, 0.15) is 6.61 Å². The standard InChI is InChI=1S/C12H20O5/c1-12(2,16)7-17-11(15)9-6-4-3-5-8(9)10(13)14/h8-9,16H,3-7H2,1-2H3,(H,13,14). The van der Waals surface area contributed by atoms with Crippen molar-refractivity contribution in [1.82, 2.24) is 0 Å². The lowest BCUT2D eigenvalue weighted by Crippen LogP contribution is -2.36. The van der Waals surface area contributed by atoms with Crippen molar-refractivity contribution in [3.63, 3.8) is 0 Å². The number of carbonyl (C=O) groups is 2. The van der Waals surface area contributed by atoms with Crippen LogP contribution in [0.1, 0.15) is 39.5 Å². The Balaban J connectivity index is 2.56. The van der Waals surface area contributed by atoms with Gasteiger partial charge in [0.2, 0.25) is 0 Å². The third-order valence-corrected chi connectivity index (χ3v) is 2.95. The second-order valence-corrected chi connectivity index (χ2v) is 5.26. The van der Waals surface area contributed by atoms with E-state index in [1.165, 1.54) is 13.8 Å². The van der Waals surface area contributed by atoms with Crippen molar-refractivity contribution >= 4 is 11.9 Å². The molecule has 0 bridgehead atoms. The van der Waals surface area contributed by atoms with Crippen LogP contribution in [-0.2, 0) is 14.3 Å². The van der Waals surface area contributed by atoms with Crippen molar-refractivity contribution < 1.29 is 24.5 Å². The summed E-state index contributed by atoms with van der Waals surface area (Å²) in [5.41, 5.74) is -1.08. The van der Waals surface area contributed by atoms with Gasteiger partial charge in [0.05, 0.1) is 17.4 Å². The van der Waals surface area contributed by atoms with E-state index in [-0.39, 0.29) is 6.61 Å². The van der Waals surface area contributed by atoms with Crippen molar-refractivity contribution in [3.05, 3.63) is 0 Å². The lowest BCUT2D eigenvalue weighted by atomic mass is 9.79. The highest BCUT2D eigenvalue weighted by atomic mass is 16.5. The van der Waals surface area contributed by atoms with Crippen LogP contribution < -0.4 is 0 Å². The van der Waals surface area contributed by atoms with Crippen molar-refractivity contribution in [2.75, 3.05) is 6.61 Å². The molecule has 1 rings (SSSR count). The molecule has 0 heterocycles. The highest BCUT2D eigenvalue weighted by molar-refractivity contribution is 5.81. The molecule has 2 atom stereocenters. The van der Waals surface area contributed by atoms with Crippen molar-refractivity contribution in [2.45, 2.75) is 45.1 Å². The second kappa shape index (κ2) is 5.49. The molecule has 1 aliphatic carbocycles. The predicted molar refractivity (Wildman–Crippen MR) is 60.3 cm³/mol. The molecule has 0 aromatic rings. The summed E-state index contributed by atoms with van der Waals surface area (Å²) in [6.07, 6.45) is 2.78. The van der Waals surface area contributed by atoms with Gasteiger partial charge in [-0.15, -0.1) is 0 Å². The Morgan fingerprint density at radius 1 is 1.24 bits per heavy atom. The van der Waals surface area contributed by atoms with Crippen LogP contribution in [0, 0.1) is 11.8 Å². The quantitative estimate of drug-likeness (QED) is 0.726. The van der Waals surface area contributed by atoms with Gasteiger partial charge in [-0.2, -0.15) is 0 Å². The lowest BCUT2D eigenvalue weighted by Gasteiger charge is -2.27. The molecule has 2 unspecified atom stereocenters. The Hall–Kier alpha value is -1.10. The van der Waals surface area contributed by atoms with Crippen molar-refractivity contribution in [1.29, 1.82) is 0 Å². The normalized spacial score (nSPS) is 25.4. The summed E-state index contributed by atoms with van der Waals surface area (Å²) in [6.45, 7) is 2.97. The van der Waals surface area contributed by atoms with Crippen LogP contribution in [0.5, 0.6) is 0 Å². The van der Waals surface area contributed by atoms with Crippen molar-refractivity contribution in [2.24, 2.45) is 11.8 Å². The lowest BCUT2D eigenvalue weighted by molar-refractivity contribution is -0.163. The van der Waals surface area contributed by atoms with Gasteiger partial charge in [0, 0.05) is 0 Å². The number of rotatable bonds is 4. The van der Waals surface area contributed by atoms with Crippen LogP contribution >= 0.6 is 0 Å². The van der Waals surface area contributed by atoms with Gasteiger partial charge in [0.25, 0.3) is 0 Å². The van der Waals surface area contributed by atoms with Gasteiger partial charge >= 0.3 is 11.9 Å². The molecule has 0 amide bonds. The highest BCUT2D eigenvalue weighted by Crippen LogP contribution is 2.31. The average Bonchev–Trinajstić information content (AvgIpc) is 2.25. The first kappa shape index (κ1) is 14.0. The molecule has 5 nitrogen and oxygen atoms in total. The van der Waals surface area contributed by atoms with Crippen LogP contribution in [0.4, 0.5) is 0 Å². The molecule has 0 aromatic heterocycles. The zero-order valence-corrected chi connectivity index (χ0v) is 10.3. The Morgan fingerprint density at radius 3 is 2.24 bits per heavy atom. The number of hydrogen-bond acceptors (Lipinski definition) is 4. The van der Waals surface area contributed by atoms with Crippen LogP contribution in [0.2, 0.25) is 0 Å². The minimum Gasteiger partial charge on any atom is -0.481 e. The molecule has 5 heteroatoms. The molecule has 0 aliphatic heterocycles. The SMILES string of the molecule is CC(C)(O)COC(=O)C1CCCCC1C(=O)O. The van der Waals surface area contributed by atoms with E-state index in [9.17, 15) is 14.7 Å². The third kappa shape index (κ3) is 4.34. The van der Waals surface area contributed by atoms with Gasteiger partial charge in [-0.1, -0.05) is 12.8 Å². The van der Waals surface area contributed by atoms with Crippen LogP contribution in [0.3, 0.4) is 0 Å². The maximum Gasteiger partial charge on any atom is 0.309 e. The van der Waals surface area contributed by atoms with Crippen LogP contribution in [0.25, 0.3) is 0 Å². The largest absolute Gasteiger partial charge is 0.481 e. The summed E-state index contributed by atoms with van der Waals surface area (Å²) in [5, 5.41) is 18.5. The van der Waals surface area contributed by atoms with Crippen LogP contribution in [0.15, 0.2) is 0 Å². The second-order valence-electron chi connectivity index (χ2n) is 5.26. The molecular formula is C12H20O5. The Morgan fingerprint density at radius 2 is 1.76 bits per heavy atom. The summed E-state index contributed by atoms with van der Waals surface area (Å²) < 4.78 is 4.97. The smallest absolute Gasteiger partial charge is 0.309 e. The number of carboxylic acid groups (broad SMARTS) is 1. The first-order chi connectivity index (χ1) is 7.81. The van der Waals surface area contributed by atoms with E-state index in [1.807, 2.05) is 0 Å². The number of carbonyl (C=O) groups excluding carboxylic acids is 1. The fourth-order valence-electron chi connectivity index (χ4n) is 2.06. The van der Waals surface area contributed by atoms with E-state index < -0.39 is 29.4 Å². The van der Waals surface area contributed by atoms with E-state index in [4.69, 9.17) is 9.84 Å². The number of esters is 1. The van der Waals surface area contributed by atoms with Gasteiger partial charge in [0.15, 0.2) is 0 Å². The summed E-state index contributed by atoms with van der Waals surface area (Å²) >= 11 is 0. The topological polar surface area (TPSA) is 83.8 Å². The predicted octanol–water partition coefficient (Wildman–Crippen LogP) is 1.19. The Kier molecular flexibility index (Phi) is 4.51. The zero-order valence-electron chi connectivity index (χ0n) is 10.3. The highest BCUT2D eigenvalue weighted by Gasteiger charge is 2.37. The van der Waals surface area contributed by atoms with Gasteiger partial charge in [-0.25, -0.2) is 0 Å². The molecule has 2 N–H and O–H groups in total. The molecule has 0 saturated heterocycles. The Bertz CT molecular complexity index is 292. The molecule has 0 aromatic carbocycles. The number of aliphatic carboxylic acids is 1. The average molecular weight is 244 g/mol. The molecule has 17 heavy (non-hydrogen) atoms. The maximum atomic E-state index is 11.8. The van der Waals surface area contributed by atoms with E-state index in [1.54, 1.807) is 0 Å². The zero-order chi connectivity index (χ0) is 13.1. The maximum absolute atomic E-state index is 11.8. The molecule has 98 valence electrons. The van der Waals surface area contributed by atoms with E-state index >= 15 is 0 Å². The summed E-state index contributed by atoms with van der Waals surface area (Å²) in [5.74, 6) is -2.64. The van der Waals surface area contributed by atoms with E-state index in [2.05, 4.69) is 0 Å². The molecule has 1 aliphatic rings. The summed E-state index contributed by atoms with van der Waals surface area (Å²) in [4.78, 5) is 22.8. The van der Waals surface area contributed by atoms with Gasteiger partial charge in [-0.3, -0.25) is 9.59 Å². The number of aliphatic hydroxyl groups is 1. The number of ether oxygens (including phenoxy) is 1. The third-order valence-electron chi connectivity index (χ3n) is 2.95. The van der Waals surface area contributed by atoms with Gasteiger partial charge in [-0.05, 0) is 26.7 Å². The molecule has 1 saturated carbocycles. The summed E-state index contributed by atoms with van der Waals surface area (Å²) in [7, 11) is 0. The minimum absolute atomic E-state index is 0.103. The monoisotopic (exact) mass is 244 g/mol. The molecule has 0 radical (unpaired) electrons. The molecule has 0 spiro atoms. The number of hydrogen-bond donors (Lipinski definition) is 2. The van der Waals surface area contributed by atoms with Crippen LogP contribution in [-0.4, -0.2) is 34.4 Å². The van der Waals surface area contributed by atoms with E-state index in [0.717, 1.165) is 12.8 Å². The van der Waals surface area contributed by atoms with Gasteiger partial charge < -0.3 is 14.9 Å². The number of carboxylic acids is 1. The Labute approximate surface area is 101 Å². The first-order valence-corrected chi connectivity index (χ1v) is 5.93. The molecule has 1 fully saturated rings. The van der Waals surface area contributed by atoms with E-state index in [0.29, 0.717) is 12.8 Å². The first-order valence-electron chi connectivity index (χ1n) is 5.93.